The van der Waals surface area contributed by atoms with E-state index in [4.69, 9.17) is 0 Å². The Morgan fingerprint density at radius 1 is 1.29 bits per heavy atom. The van der Waals surface area contributed by atoms with E-state index in [1.807, 2.05) is 0 Å². The van der Waals surface area contributed by atoms with Crippen LogP contribution in [0.2, 0.25) is 0 Å². The summed E-state index contributed by atoms with van der Waals surface area (Å²) < 4.78 is 0. The predicted octanol–water partition coefficient (Wildman–Crippen LogP) is 4.11. The van der Waals surface area contributed by atoms with Crippen molar-refractivity contribution in [2.24, 2.45) is 5.92 Å². The summed E-state index contributed by atoms with van der Waals surface area (Å²) in [4.78, 5) is 0. The van der Waals surface area contributed by atoms with Gasteiger partial charge in [-0.05, 0) is 34.8 Å². The molecule has 0 aromatic heterocycles. The van der Waals surface area contributed by atoms with Gasteiger partial charge < -0.3 is 0 Å². The zero-order chi connectivity index (χ0) is 10.3. The van der Waals surface area contributed by atoms with Crippen molar-refractivity contribution < 1.29 is 0 Å². The van der Waals surface area contributed by atoms with E-state index in [1.54, 1.807) is 11.1 Å². The summed E-state index contributed by atoms with van der Waals surface area (Å²) >= 11 is 0. The van der Waals surface area contributed by atoms with Crippen LogP contribution in [0.5, 0.6) is 0 Å². The van der Waals surface area contributed by atoms with Gasteiger partial charge in [0.15, 0.2) is 0 Å². The van der Waals surface area contributed by atoms with Crippen LogP contribution in [0.3, 0.4) is 0 Å². The second kappa shape index (κ2) is 3.12. The van der Waals surface area contributed by atoms with Gasteiger partial charge in [0.25, 0.3) is 0 Å². The molecule has 0 nitrogen and oxygen atoms in total. The van der Waals surface area contributed by atoms with Crippen LogP contribution < -0.4 is 0 Å². The first kappa shape index (κ1) is 9.76. The number of hydrogen-bond acceptors (Lipinski definition) is 0. The molecule has 0 aliphatic heterocycles. The molecule has 1 aliphatic carbocycles. The van der Waals surface area contributed by atoms with Gasteiger partial charge in [0, 0.05) is 0 Å². The standard InChI is InChI=1S/C14H20/c1-10(2)12-7-5-6-8-13(12)14(4)9-11(14)3/h5-8,10-11H,9H2,1-4H3. The molecule has 0 radical (unpaired) electrons. The van der Waals surface area contributed by atoms with E-state index in [9.17, 15) is 0 Å². The van der Waals surface area contributed by atoms with Gasteiger partial charge in [-0.2, -0.15) is 0 Å². The lowest BCUT2D eigenvalue weighted by atomic mass is 9.86. The smallest absolute Gasteiger partial charge is 0.00437 e. The van der Waals surface area contributed by atoms with Crippen LogP contribution in [0.1, 0.15) is 51.2 Å². The zero-order valence-corrected chi connectivity index (χ0v) is 9.67. The molecule has 2 rings (SSSR count). The highest BCUT2D eigenvalue weighted by Crippen LogP contribution is 2.55. The van der Waals surface area contributed by atoms with E-state index >= 15 is 0 Å². The molecule has 0 heterocycles. The van der Waals surface area contributed by atoms with Crippen molar-refractivity contribution in [3.63, 3.8) is 0 Å². The Kier molecular flexibility index (Phi) is 2.17. The molecule has 1 aliphatic rings. The molecular formula is C14H20. The first-order chi connectivity index (χ1) is 6.55. The van der Waals surface area contributed by atoms with Gasteiger partial charge in [-0.25, -0.2) is 0 Å². The quantitative estimate of drug-likeness (QED) is 0.655. The van der Waals surface area contributed by atoms with Crippen molar-refractivity contribution in [3.05, 3.63) is 35.4 Å². The molecular weight excluding hydrogens is 168 g/mol. The molecule has 0 amide bonds. The fourth-order valence-electron chi connectivity index (χ4n) is 2.47. The van der Waals surface area contributed by atoms with Gasteiger partial charge in [0.1, 0.15) is 0 Å². The van der Waals surface area contributed by atoms with Crippen LogP contribution in [0.15, 0.2) is 24.3 Å². The van der Waals surface area contributed by atoms with E-state index in [0.717, 1.165) is 5.92 Å². The van der Waals surface area contributed by atoms with Gasteiger partial charge >= 0.3 is 0 Å². The zero-order valence-electron chi connectivity index (χ0n) is 9.67. The maximum absolute atomic E-state index is 2.40. The largest absolute Gasteiger partial charge is 0.0620 e. The minimum Gasteiger partial charge on any atom is -0.0620 e. The molecule has 1 aromatic rings. The summed E-state index contributed by atoms with van der Waals surface area (Å²) in [5.41, 5.74) is 3.60. The van der Waals surface area contributed by atoms with E-state index in [2.05, 4.69) is 52.0 Å². The lowest BCUT2D eigenvalue weighted by molar-refractivity contribution is 0.679. The Balaban J connectivity index is 2.43. The van der Waals surface area contributed by atoms with Crippen molar-refractivity contribution in [1.82, 2.24) is 0 Å². The Labute approximate surface area is 87.3 Å². The highest BCUT2D eigenvalue weighted by atomic mass is 14.5. The molecule has 2 unspecified atom stereocenters. The highest BCUT2D eigenvalue weighted by molar-refractivity contribution is 5.40. The highest BCUT2D eigenvalue weighted by Gasteiger charge is 2.48. The Morgan fingerprint density at radius 2 is 1.86 bits per heavy atom. The number of rotatable bonds is 2. The van der Waals surface area contributed by atoms with Gasteiger partial charge in [-0.1, -0.05) is 52.0 Å². The molecule has 1 saturated carbocycles. The van der Waals surface area contributed by atoms with E-state index in [1.165, 1.54) is 6.42 Å². The third-order valence-electron chi connectivity index (χ3n) is 3.86. The fraction of sp³-hybridized carbons (Fsp3) is 0.571. The molecule has 76 valence electrons. The molecule has 0 spiro atoms. The van der Waals surface area contributed by atoms with Crippen LogP contribution in [0.4, 0.5) is 0 Å². The van der Waals surface area contributed by atoms with Crippen molar-refractivity contribution in [1.29, 1.82) is 0 Å². The predicted molar refractivity (Wildman–Crippen MR) is 61.7 cm³/mol. The normalized spacial score (nSPS) is 30.8. The van der Waals surface area contributed by atoms with E-state index in [-0.39, 0.29) is 0 Å². The van der Waals surface area contributed by atoms with E-state index < -0.39 is 0 Å². The minimum absolute atomic E-state index is 0.473. The van der Waals surface area contributed by atoms with Crippen molar-refractivity contribution >= 4 is 0 Å². The SMILES string of the molecule is CC(C)c1ccccc1C1(C)CC1C. The molecule has 0 heteroatoms. The molecule has 1 aromatic carbocycles. The maximum atomic E-state index is 2.40. The van der Waals surface area contributed by atoms with Gasteiger partial charge in [0.05, 0.1) is 0 Å². The summed E-state index contributed by atoms with van der Waals surface area (Å²) in [6, 6.07) is 8.95. The van der Waals surface area contributed by atoms with Gasteiger partial charge in [0.2, 0.25) is 0 Å². The monoisotopic (exact) mass is 188 g/mol. The summed E-state index contributed by atoms with van der Waals surface area (Å²) in [6.45, 7) is 9.33. The number of benzene rings is 1. The van der Waals surface area contributed by atoms with Crippen molar-refractivity contribution in [2.75, 3.05) is 0 Å². The first-order valence-corrected chi connectivity index (χ1v) is 5.65. The third-order valence-corrected chi connectivity index (χ3v) is 3.86. The second-order valence-electron chi connectivity index (χ2n) is 5.26. The second-order valence-corrected chi connectivity index (χ2v) is 5.26. The summed E-state index contributed by atoms with van der Waals surface area (Å²) in [6.07, 6.45) is 1.36. The molecule has 0 saturated heterocycles. The average Bonchev–Trinajstić information content (AvgIpc) is 2.76. The van der Waals surface area contributed by atoms with Crippen LogP contribution in [-0.2, 0) is 5.41 Å². The van der Waals surface area contributed by atoms with Crippen molar-refractivity contribution in [2.45, 2.75) is 45.4 Å². The van der Waals surface area contributed by atoms with Crippen LogP contribution in [0.25, 0.3) is 0 Å². The summed E-state index contributed by atoms with van der Waals surface area (Å²) in [5.74, 6) is 1.51. The van der Waals surface area contributed by atoms with Gasteiger partial charge in [-0.3, -0.25) is 0 Å². The summed E-state index contributed by atoms with van der Waals surface area (Å²) in [7, 11) is 0. The minimum atomic E-state index is 0.473. The Morgan fingerprint density at radius 3 is 2.36 bits per heavy atom. The molecule has 0 bridgehead atoms. The molecule has 0 N–H and O–H groups in total. The first-order valence-electron chi connectivity index (χ1n) is 5.65. The average molecular weight is 188 g/mol. The number of hydrogen-bond donors (Lipinski definition) is 0. The topological polar surface area (TPSA) is 0 Å². The van der Waals surface area contributed by atoms with Crippen LogP contribution >= 0.6 is 0 Å². The van der Waals surface area contributed by atoms with Crippen LogP contribution in [0, 0.1) is 5.92 Å². The fourth-order valence-corrected chi connectivity index (χ4v) is 2.47. The Bertz CT molecular complexity index is 338. The van der Waals surface area contributed by atoms with Crippen LogP contribution in [-0.4, -0.2) is 0 Å². The van der Waals surface area contributed by atoms with E-state index in [0.29, 0.717) is 11.3 Å². The lowest BCUT2D eigenvalue weighted by Gasteiger charge is -2.18. The third kappa shape index (κ3) is 1.37. The maximum Gasteiger partial charge on any atom is -0.00437 e. The lowest BCUT2D eigenvalue weighted by Crippen LogP contribution is -2.08. The van der Waals surface area contributed by atoms with Gasteiger partial charge in [-0.15, -0.1) is 0 Å². The Hall–Kier alpha value is -0.780. The van der Waals surface area contributed by atoms with Crippen molar-refractivity contribution in [3.8, 4) is 0 Å². The molecule has 2 atom stereocenters. The molecule has 1 fully saturated rings. The molecule has 14 heavy (non-hydrogen) atoms. The summed E-state index contributed by atoms with van der Waals surface area (Å²) in [5, 5.41) is 0.